The zero-order valence-electron chi connectivity index (χ0n) is 15.1. The van der Waals surface area contributed by atoms with Crippen LogP contribution in [0.25, 0.3) is 0 Å². The summed E-state index contributed by atoms with van der Waals surface area (Å²) >= 11 is 0. The first-order chi connectivity index (χ1) is 13.9. The van der Waals surface area contributed by atoms with Crippen LogP contribution < -0.4 is 14.4 Å². The van der Waals surface area contributed by atoms with E-state index in [9.17, 15) is 35.2 Å². The van der Waals surface area contributed by atoms with E-state index in [2.05, 4.69) is 9.46 Å². The minimum absolute atomic E-state index is 0.0480. The zero-order valence-corrected chi connectivity index (χ0v) is 15.9. The number of hydrogen-bond acceptors (Lipinski definition) is 4. The Balaban J connectivity index is 1.70. The summed E-state index contributed by atoms with van der Waals surface area (Å²) in [6.07, 6.45) is -4.85. The second kappa shape index (κ2) is 8.19. The van der Waals surface area contributed by atoms with Gasteiger partial charge in [-0.2, -0.15) is 0 Å². The molecular weight excluding hydrogens is 435 g/mol. The van der Waals surface area contributed by atoms with E-state index in [0.29, 0.717) is 6.07 Å². The number of halogens is 5. The Kier molecular flexibility index (Phi) is 5.99. The number of anilines is 1. The van der Waals surface area contributed by atoms with Gasteiger partial charge in [-0.3, -0.25) is 4.79 Å². The Hall–Kier alpha value is -2.73. The summed E-state index contributed by atoms with van der Waals surface area (Å²) < 4.78 is 94.4. The van der Waals surface area contributed by atoms with E-state index in [0.717, 1.165) is 29.2 Å². The van der Waals surface area contributed by atoms with Gasteiger partial charge in [0, 0.05) is 29.9 Å². The van der Waals surface area contributed by atoms with Crippen LogP contribution in [0.15, 0.2) is 42.5 Å². The van der Waals surface area contributed by atoms with Crippen molar-refractivity contribution in [2.45, 2.75) is 24.6 Å². The lowest BCUT2D eigenvalue weighted by atomic mass is 10.2. The van der Waals surface area contributed by atoms with Crippen molar-refractivity contribution < 1.29 is 39.9 Å². The summed E-state index contributed by atoms with van der Waals surface area (Å²) in [7, 11) is -4.16. The second-order valence-corrected chi connectivity index (χ2v) is 8.24. The maximum Gasteiger partial charge on any atom is 0.573 e. The highest BCUT2D eigenvalue weighted by Gasteiger charge is 2.36. The minimum Gasteiger partial charge on any atom is -0.406 e. The van der Waals surface area contributed by atoms with Crippen LogP contribution in [-0.4, -0.2) is 33.3 Å². The van der Waals surface area contributed by atoms with Crippen molar-refractivity contribution in [1.82, 2.24) is 4.72 Å². The molecule has 1 aliphatic heterocycles. The molecule has 0 spiro atoms. The standard InChI is InChI=1S/C18H15F5N2O4S/c19-12-5-4-11(15(20)8-12)10-30(27,28)24-16-6-7-25(17(16)26)13-2-1-3-14(9-13)29-18(21,22)23/h1-5,8-9,16,24H,6-7,10H2. The van der Waals surface area contributed by atoms with E-state index < -0.39 is 51.5 Å². The first kappa shape index (κ1) is 22.0. The van der Waals surface area contributed by atoms with Crippen molar-refractivity contribution in [1.29, 1.82) is 0 Å². The monoisotopic (exact) mass is 450 g/mol. The topological polar surface area (TPSA) is 75.7 Å². The molecule has 12 heteroatoms. The molecule has 2 aromatic rings. The van der Waals surface area contributed by atoms with Gasteiger partial charge in [0.05, 0.1) is 5.75 Å². The number of carbonyl (C=O) groups is 1. The van der Waals surface area contributed by atoms with Crippen LogP contribution in [0.2, 0.25) is 0 Å². The van der Waals surface area contributed by atoms with Crippen LogP contribution in [0.4, 0.5) is 27.6 Å². The van der Waals surface area contributed by atoms with Crippen LogP contribution in [0.3, 0.4) is 0 Å². The van der Waals surface area contributed by atoms with Crippen LogP contribution in [0.1, 0.15) is 12.0 Å². The van der Waals surface area contributed by atoms with Gasteiger partial charge in [0.2, 0.25) is 15.9 Å². The third kappa shape index (κ3) is 5.45. The molecule has 1 heterocycles. The van der Waals surface area contributed by atoms with Crippen molar-refractivity contribution in [2.24, 2.45) is 0 Å². The van der Waals surface area contributed by atoms with Gasteiger partial charge in [0.15, 0.2) is 0 Å². The van der Waals surface area contributed by atoms with E-state index in [-0.39, 0.29) is 24.2 Å². The predicted molar refractivity (Wildman–Crippen MR) is 96.0 cm³/mol. The van der Waals surface area contributed by atoms with Crippen LogP contribution >= 0.6 is 0 Å². The normalized spacial score (nSPS) is 17.4. The highest BCUT2D eigenvalue weighted by atomic mass is 32.2. The summed E-state index contributed by atoms with van der Waals surface area (Å²) in [5, 5.41) is 0. The Morgan fingerprint density at radius 2 is 1.87 bits per heavy atom. The lowest BCUT2D eigenvalue weighted by molar-refractivity contribution is -0.274. The van der Waals surface area contributed by atoms with E-state index in [1.807, 2.05) is 0 Å². The number of benzene rings is 2. The van der Waals surface area contributed by atoms with Crippen LogP contribution in [-0.2, 0) is 20.6 Å². The van der Waals surface area contributed by atoms with Gasteiger partial charge in [-0.1, -0.05) is 12.1 Å². The number of sulfonamides is 1. The van der Waals surface area contributed by atoms with Gasteiger partial charge in [-0.25, -0.2) is 21.9 Å². The average molecular weight is 450 g/mol. The van der Waals surface area contributed by atoms with Crippen LogP contribution in [0.5, 0.6) is 5.75 Å². The van der Waals surface area contributed by atoms with Gasteiger partial charge < -0.3 is 9.64 Å². The molecule has 1 aliphatic rings. The smallest absolute Gasteiger partial charge is 0.406 e. The highest BCUT2D eigenvalue weighted by molar-refractivity contribution is 7.88. The number of carbonyl (C=O) groups excluding carboxylic acids is 1. The molecule has 0 aromatic heterocycles. The summed E-state index contributed by atoms with van der Waals surface area (Å²) in [6, 6.07) is 5.98. The molecule has 1 N–H and O–H groups in total. The predicted octanol–water partition coefficient (Wildman–Crippen LogP) is 3.09. The van der Waals surface area contributed by atoms with Gasteiger partial charge in [-0.05, 0) is 24.6 Å². The molecule has 162 valence electrons. The van der Waals surface area contributed by atoms with Crippen molar-refractivity contribution in [3.63, 3.8) is 0 Å². The molecule has 0 saturated carbocycles. The van der Waals surface area contributed by atoms with Crippen molar-refractivity contribution in [3.05, 3.63) is 59.7 Å². The Bertz CT molecular complexity index is 1060. The number of nitrogens with one attached hydrogen (secondary N) is 1. The summed E-state index contributed by atoms with van der Waals surface area (Å²) in [5.74, 6) is -3.91. The first-order valence-electron chi connectivity index (χ1n) is 8.55. The lowest BCUT2D eigenvalue weighted by Gasteiger charge is -2.18. The van der Waals surface area contributed by atoms with Gasteiger partial charge >= 0.3 is 6.36 Å². The fourth-order valence-corrected chi connectivity index (χ4v) is 4.38. The van der Waals surface area contributed by atoms with E-state index in [1.165, 1.54) is 12.1 Å². The molecule has 1 atom stereocenters. The maximum absolute atomic E-state index is 13.7. The largest absolute Gasteiger partial charge is 0.573 e. The molecular formula is C18H15F5N2O4S. The molecule has 3 rings (SSSR count). The van der Waals surface area contributed by atoms with E-state index in [4.69, 9.17) is 0 Å². The maximum atomic E-state index is 13.7. The number of ether oxygens (including phenoxy) is 1. The molecule has 0 bridgehead atoms. The summed E-state index contributed by atoms with van der Waals surface area (Å²) in [4.78, 5) is 13.7. The van der Waals surface area contributed by atoms with Crippen LogP contribution in [0, 0.1) is 11.6 Å². The number of amides is 1. The average Bonchev–Trinajstić information content (AvgIpc) is 2.96. The molecule has 6 nitrogen and oxygen atoms in total. The SMILES string of the molecule is O=C1C(NS(=O)(=O)Cc2ccc(F)cc2F)CCN1c1cccc(OC(F)(F)F)c1. The molecule has 1 unspecified atom stereocenters. The molecule has 1 saturated heterocycles. The number of nitrogens with zero attached hydrogens (tertiary/aromatic N) is 1. The molecule has 0 aliphatic carbocycles. The Morgan fingerprint density at radius 3 is 2.53 bits per heavy atom. The Labute approximate surface area is 168 Å². The molecule has 1 fully saturated rings. The quantitative estimate of drug-likeness (QED) is 0.687. The van der Waals surface area contributed by atoms with E-state index >= 15 is 0 Å². The number of alkyl halides is 3. The molecule has 2 aromatic carbocycles. The molecule has 0 radical (unpaired) electrons. The fraction of sp³-hybridized carbons (Fsp3) is 0.278. The highest BCUT2D eigenvalue weighted by Crippen LogP contribution is 2.29. The van der Waals surface area contributed by atoms with Crippen molar-refractivity contribution >= 4 is 21.6 Å². The summed E-state index contributed by atoms with van der Waals surface area (Å²) in [5.41, 5.74) is -0.170. The number of hydrogen-bond donors (Lipinski definition) is 1. The van der Waals surface area contributed by atoms with Gasteiger partial charge in [0.25, 0.3) is 0 Å². The lowest BCUT2D eigenvalue weighted by Crippen LogP contribution is -2.42. The van der Waals surface area contributed by atoms with Crippen molar-refractivity contribution in [3.8, 4) is 5.75 Å². The summed E-state index contributed by atoms with van der Waals surface area (Å²) in [6.45, 7) is 0.0480. The third-order valence-electron chi connectivity index (χ3n) is 4.25. The third-order valence-corrected chi connectivity index (χ3v) is 5.59. The van der Waals surface area contributed by atoms with Crippen molar-refractivity contribution in [2.75, 3.05) is 11.4 Å². The van der Waals surface area contributed by atoms with Gasteiger partial charge in [0.1, 0.15) is 23.4 Å². The second-order valence-electron chi connectivity index (χ2n) is 6.49. The Morgan fingerprint density at radius 1 is 1.13 bits per heavy atom. The molecule has 1 amide bonds. The molecule has 30 heavy (non-hydrogen) atoms. The van der Waals surface area contributed by atoms with E-state index in [1.54, 1.807) is 0 Å². The minimum atomic E-state index is -4.90. The fourth-order valence-electron chi connectivity index (χ4n) is 3.00. The zero-order chi connectivity index (χ0) is 22.1. The first-order valence-corrected chi connectivity index (χ1v) is 10.2. The number of rotatable bonds is 6. The van der Waals surface area contributed by atoms with Gasteiger partial charge in [-0.15, -0.1) is 13.2 Å².